The Morgan fingerprint density at radius 2 is 1.81 bits per heavy atom. The quantitative estimate of drug-likeness (QED) is 0.466. The van der Waals surface area contributed by atoms with Crippen molar-refractivity contribution in [3.05, 3.63) is 47.5 Å². The summed E-state index contributed by atoms with van der Waals surface area (Å²) >= 11 is 0. The molecule has 0 saturated heterocycles. The van der Waals surface area contributed by atoms with Gasteiger partial charge in [0.15, 0.2) is 0 Å². The van der Waals surface area contributed by atoms with Crippen LogP contribution in [0.5, 0.6) is 0 Å². The highest BCUT2D eigenvalue weighted by atomic mass is 31.2. The van der Waals surface area contributed by atoms with Gasteiger partial charge in [0.25, 0.3) is 0 Å². The Kier molecular flexibility index (Phi) is 5.84. The lowest BCUT2D eigenvalue weighted by atomic mass is 10.1. The van der Waals surface area contributed by atoms with Crippen molar-refractivity contribution in [3.63, 3.8) is 0 Å². The van der Waals surface area contributed by atoms with Gasteiger partial charge in [-0.25, -0.2) is 14.2 Å². The molecule has 0 atom stereocenters. The SMILES string of the molecule is C=C(C)C(=O)OCCc1ccc(C(=O)OP(=O)(O)O)cc1. The molecule has 0 amide bonds. The van der Waals surface area contributed by atoms with E-state index in [0.29, 0.717) is 12.0 Å². The first kappa shape index (κ1) is 17.1. The summed E-state index contributed by atoms with van der Waals surface area (Å²) in [5.74, 6) is -1.58. The van der Waals surface area contributed by atoms with Gasteiger partial charge in [-0.2, -0.15) is 0 Å². The Labute approximate surface area is 121 Å². The summed E-state index contributed by atoms with van der Waals surface area (Å²) in [6, 6.07) is 5.89. The first-order valence-electron chi connectivity index (χ1n) is 5.90. The molecule has 0 bridgehead atoms. The van der Waals surface area contributed by atoms with E-state index in [9.17, 15) is 14.2 Å². The molecule has 0 aliphatic rings. The van der Waals surface area contributed by atoms with Crippen LogP contribution in [0.1, 0.15) is 22.8 Å². The number of hydrogen-bond donors (Lipinski definition) is 2. The van der Waals surface area contributed by atoms with Crippen LogP contribution in [0.2, 0.25) is 0 Å². The minimum absolute atomic E-state index is 0.0148. The summed E-state index contributed by atoms with van der Waals surface area (Å²) in [6.07, 6.45) is 0.437. The standard InChI is InChI=1S/C13H15O7P/c1-9(2)12(14)19-8-7-10-3-5-11(6-4-10)13(15)20-21(16,17)18/h3-6H,1,7-8H2,2H3,(H2,16,17,18). The van der Waals surface area contributed by atoms with Crippen LogP contribution < -0.4 is 0 Å². The third-order valence-corrected chi connectivity index (χ3v) is 2.77. The number of carbonyl (C=O) groups is 2. The predicted molar refractivity (Wildman–Crippen MR) is 73.4 cm³/mol. The molecule has 0 aromatic heterocycles. The van der Waals surface area contributed by atoms with Crippen LogP contribution >= 0.6 is 7.82 Å². The molecule has 21 heavy (non-hydrogen) atoms. The zero-order chi connectivity index (χ0) is 16.0. The molecule has 0 spiro atoms. The van der Waals surface area contributed by atoms with E-state index in [1.807, 2.05) is 0 Å². The van der Waals surface area contributed by atoms with Crippen LogP contribution in [-0.2, 0) is 25.0 Å². The van der Waals surface area contributed by atoms with Crippen LogP contribution in [-0.4, -0.2) is 28.3 Å². The largest absolute Gasteiger partial charge is 0.527 e. The van der Waals surface area contributed by atoms with E-state index < -0.39 is 19.8 Å². The Hall–Kier alpha value is -1.95. The van der Waals surface area contributed by atoms with Crippen LogP contribution in [0.3, 0.4) is 0 Å². The Morgan fingerprint density at radius 1 is 1.24 bits per heavy atom. The highest BCUT2D eigenvalue weighted by Gasteiger charge is 2.21. The van der Waals surface area contributed by atoms with Gasteiger partial charge in [-0.3, -0.25) is 9.79 Å². The minimum atomic E-state index is -4.85. The fraction of sp³-hybridized carbons (Fsp3) is 0.231. The number of phosphoric ester groups is 1. The number of carbonyl (C=O) groups excluding carboxylic acids is 2. The second-order valence-electron chi connectivity index (χ2n) is 4.23. The Morgan fingerprint density at radius 3 is 2.29 bits per heavy atom. The second kappa shape index (κ2) is 7.17. The van der Waals surface area contributed by atoms with Crippen LogP contribution in [0.25, 0.3) is 0 Å². The lowest BCUT2D eigenvalue weighted by Gasteiger charge is -2.07. The molecule has 114 valence electrons. The van der Waals surface area contributed by atoms with Crippen molar-refractivity contribution in [1.29, 1.82) is 0 Å². The molecular formula is C13H15O7P. The third kappa shape index (κ3) is 6.35. The van der Waals surface area contributed by atoms with Gasteiger partial charge in [0.2, 0.25) is 0 Å². The molecule has 1 aromatic carbocycles. The van der Waals surface area contributed by atoms with E-state index >= 15 is 0 Å². The maximum absolute atomic E-state index is 11.4. The summed E-state index contributed by atoms with van der Waals surface area (Å²) in [4.78, 5) is 39.6. The van der Waals surface area contributed by atoms with Crippen molar-refractivity contribution >= 4 is 19.8 Å². The summed E-state index contributed by atoms with van der Waals surface area (Å²) in [6.45, 7) is 5.16. The fourth-order valence-electron chi connectivity index (χ4n) is 1.35. The number of phosphoric acid groups is 1. The Bertz CT molecular complexity index is 585. The number of ether oxygens (including phenoxy) is 1. The number of rotatable bonds is 6. The fourth-order valence-corrected chi connectivity index (χ4v) is 1.67. The third-order valence-electron chi connectivity index (χ3n) is 2.36. The zero-order valence-electron chi connectivity index (χ0n) is 11.3. The summed E-state index contributed by atoms with van der Waals surface area (Å²) in [5.41, 5.74) is 1.11. The highest BCUT2D eigenvalue weighted by molar-refractivity contribution is 7.46. The molecule has 0 unspecified atom stereocenters. The molecule has 0 aliphatic carbocycles. The number of hydrogen-bond acceptors (Lipinski definition) is 5. The topological polar surface area (TPSA) is 110 Å². The van der Waals surface area contributed by atoms with E-state index in [4.69, 9.17) is 14.5 Å². The van der Waals surface area contributed by atoms with Gasteiger partial charge in [0.1, 0.15) is 0 Å². The van der Waals surface area contributed by atoms with Crippen LogP contribution in [0.4, 0.5) is 0 Å². The van der Waals surface area contributed by atoms with Crippen molar-refractivity contribution in [2.45, 2.75) is 13.3 Å². The molecule has 7 nitrogen and oxygen atoms in total. The van der Waals surface area contributed by atoms with E-state index in [-0.39, 0.29) is 12.2 Å². The lowest BCUT2D eigenvalue weighted by Crippen LogP contribution is -2.08. The first-order chi connectivity index (χ1) is 9.69. The Balaban J connectivity index is 2.54. The van der Waals surface area contributed by atoms with Crippen molar-refractivity contribution in [1.82, 2.24) is 0 Å². The van der Waals surface area contributed by atoms with Gasteiger partial charge < -0.3 is 9.26 Å². The van der Waals surface area contributed by atoms with Gasteiger partial charge in [-0.15, -0.1) is 0 Å². The molecule has 0 heterocycles. The maximum atomic E-state index is 11.4. The lowest BCUT2D eigenvalue weighted by molar-refractivity contribution is -0.138. The van der Waals surface area contributed by atoms with Crippen molar-refractivity contribution in [3.8, 4) is 0 Å². The maximum Gasteiger partial charge on any atom is 0.527 e. The molecule has 0 aliphatic heterocycles. The molecule has 0 fully saturated rings. The summed E-state index contributed by atoms with van der Waals surface area (Å²) in [7, 11) is -4.85. The van der Waals surface area contributed by atoms with E-state index in [0.717, 1.165) is 5.56 Å². The van der Waals surface area contributed by atoms with Gasteiger partial charge in [0, 0.05) is 12.0 Å². The number of esters is 1. The molecule has 1 aromatic rings. The highest BCUT2D eigenvalue weighted by Crippen LogP contribution is 2.36. The van der Waals surface area contributed by atoms with Crippen LogP contribution in [0.15, 0.2) is 36.4 Å². The average Bonchev–Trinajstić information content (AvgIpc) is 2.37. The van der Waals surface area contributed by atoms with E-state index in [1.54, 1.807) is 19.1 Å². The van der Waals surface area contributed by atoms with Gasteiger partial charge in [0.05, 0.1) is 12.2 Å². The molecule has 0 radical (unpaired) electrons. The average molecular weight is 314 g/mol. The number of benzene rings is 1. The van der Waals surface area contributed by atoms with E-state index in [2.05, 4.69) is 11.1 Å². The second-order valence-corrected chi connectivity index (χ2v) is 5.40. The van der Waals surface area contributed by atoms with Crippen molar-refractivity contribution < 1.29 is 33.2 Å². The monoisotopic (exact) mass is 314 g/mol. The van der Waals surface area contributed by atoms with Crippen LogP contribution in [0, 0.1) is 0 Å². The van der Waals surface area contributed by atoms with E-state index in [1.165, 1.54) is 12.1 Å². The first-order valence-corrected chi connectivity index (χ1v) is 7.43. The van der Waals surface area contributed by atoms with Gasteiger partial charge in [-0.05, 0) is 24.6 Å². The predicted octanol–water partition coefficient (Wildman–Crippen LogP) is 1.60. The van der Waals surface area contributed by atoms with Gasteiger partial charge >= 0.3 is 19.8 Å². The normalized spacial score (nSPS) is 10.8. The molecule has 0 saturated carbocycles. The summed E-state index contributed by atoms with van der Waals surface area (Å²) in [5, 5.41) is 0. The zero-order valence-corrected chi connectivity index (χ0v) is 12.2. The van der Waals surface area contributed by atoms with Gasteiger partial charge in [-0.1, -0.05) is 18.7 Å². The molecular weight excluding hydrogens is 299 g/mol. The van der Waals surface area contributed by atoms with Crippen molar-refractivity contribution in [2.75, 3.05) is 6.61 Å². The minimum Gasteiger partial charge on any atom is -0.462 e. The summed E-state index contributed by atoms with van der Waals surface area (Å²) < 4.78 is 19.4. The molecule has 8 heteroatoms. The smallest absolute Gasteiger partial charge is 0.462 e. The molecule has 2 N–H and O–H groups in total. The molecule has 1 rings (SSSR count). The van der Waals surface area contributed by atoms with Crippen molar-refractivity contribution in [2.24, 2.45) is 0 Å².